The van der Waals surface area contributed by atoms with E-state index in [2.05, 4.69) is 18.9 Å². The van der Waals surface area contributed by atoms with Crippen LogP contribution in [0.2, 0.25) is 0 Å². The monoisotopic (exact) mass is 214 g/mol. The molecule has 1 fully saturated rings. The molecule has 0 aromatic rings. The second kappa shape index (κ2) is 5.83. The lowest BCUT2D eigenvalue weighted by Crippen LogP contribution is -2.54. The van der Waals surface area contributed by atoms with Crippen molar-refractivity contribution < 1.29 is 4.74 Å². The fourth-order valence-electron chi connectivity index (χ4n) is 2.44. The summed E-state index contributed by atoms with van der Waals surface area (Å²) in [4.78, 5) is 2.38. The maximum atomic E-state index is 5.85. The van der Waals surface area contributed by atoms with E-state index in [0.29, 0.717) is 13.2 Å². The average Bonchev–Trinajstić information content (AvgIpc) is 2.70. The third-order valence-corrected chi connectivity index (χ3v) is 3.82. The van der Waals surface area contributed by atoms with Gasteiger partial charge in [-0.2, -0.15) is 0 Å². The van der Waals surface area contributed by atoms with Gasteiger partial charge in [-0.15, -0.1) is 0 Å². The Kier molecular flexibility index (Phi) is 5.03. The first kappa shape index (κ1) is 12.9. The Morgan fingerprint density at radius 2 is 2.00 bits per heavy atom. The van der Waals surface area contributed by atoms with Crippen LogP contribution in [0, 0.1) is 5.92 Å². The zero-order valence-corrected chi connectivity index (χ0v) is 10.5. The Bertz CT molecular complexity index is 180. The first-order valence-corrected chi connectivity index (χ1v) is 6.02. The zero-order chi connectivity index (χ0) is 11.3. The minimum Gasteiger partial charge on any atom is -0.383 e. The third kappa shape index (κ3) is 3.44. The average molecular weight is 214 g/mol. The molecule has 0 heterocycles. The Morgan fingerprint density at radius 3 is 2.47 bits per heavy atom. The molecule has 1 unspecified atom stereocenters. The summed E-state index contributed by atoms with van der Waals surface area (Å²) in [6.45, 7) is 4.72. The van der Waals surface area contributed by atoms with Crippen LogP contribution < -0.4 is 5.73 Å². The van der Waals surface area contributed by atoms with Crippen molar-refractivity contribution in [2.45, 2.75) is 38.1 Å². The highest BCUT2D eigenvalue weighted by Crippen LogP contribution is 2.27. The largest absolute Gasteiger partial charge is 0.383 e. The SMILES string of the molecule is COCC(C)(CN)N(C)CC1CCCC1. The Balaban J connectivity index is 2.44. The van der Waals surface area contributed by atoms with Crippen LogP contribution in [0.5, 0.6) is 0 Å². The normalized spacial score (nSPS) is 22.2. The van der Waals surface area contributed by atoms with E-state index in [1.165, 1.54) is 25.7 Å². The van der Waals surface area contributed by atoms with E-state index < -0.39 is 0 Å². The Labute approximate surface area is 94.0 Å². The first-order valence-electron chi connectivity index (χ1n) is 6.02. The predicted molar refractivity (Wildman–Crippen MR) is 63.9 cm³/mol. The molecule has 90 valence electrons. The molecular formula is C12H26N2O. The predicted octanol–water partition coefficient (Wildman–Crippen LogP) is 1.47. The van der Waals surface area contributed by atoms with Crippen molar-refractivity contribution in [3.05, 3.63) is 0 Å². The summed E-state index contributed by atoms with van der Waals surface area (Å²) in [5.41, 5.74) is 5.84. The second-order valence-corrected chi connectivity index (χ2v) is 5.17. The summed E-state index contributed by atoms with van der Waals surface area (Å²) in [6.07, 6.45) is 5.58. The van der Waals surface area contributed by atoms with Crippen LogP contribution in [0.3, 0.4) is 0 Å². The van der Waals surface area contributed by atoms with E-state index in [1.54, 1.807) is 7.11 Å². The van der Waals surface area contributed by atoms with Crippen molar-refractivity contribution >= 4 is 0 Å². The van der Waals surface area contributed by atoms with Gasteiger partial charge in [0.1, 0.15) is 0 Å². The van der Waals surface area contributed by atoms with Crippen LogP contribution in [0.15, 0.2) is 0 Å². The molecule has 3 heteroatoms. The van der Waals surface area contributed by atoms with E-state index >= 15 is 0 Å². The number of nitrogens with zero attached hydrogens (tertiary/aromatic N) is 1. The van der Waals surface area contributed by atoms with Gasteiger partial charge in [-0.3, -0.25) is 4.90 Å². The number of nitrogens with two attached hydrogens (primary N) is 1. The van der Waals surface area contributed by atoms with Gasteiger partial charge in [-0.1, -0.05) is 12.8 Å². The molecule has 1 aliphatic rings. The molecule has 0 aromatic heterocycles. The fourth-order valence-corrected chi connectivity index (χ4v) is 2.44. The number of hydrogen-bond acceptors (Lipinski definition) is 3. The van der Waals surface area contributed by atoms with Crippen LogP contribution in [0.1, 0.15) is 32.6 Å². The van der Waals surface area contributed by atoms with Crippen LogP contribution in [0.25, 0.3) is 0 Å². The standard InChI is InChI=1S/C12H26N2O/c1-12(9-13,10-15-3)14(2)8-11-6-4-5-7-11/h11H,4-10,13H2,1-3H3. The number of likely N-dealkylation sites (N-methyl/N-ethyl adjacent to an activating group) is 1. The zero-order valence-electron chi connectivity index (χ0n) is 10.5. The van der Waals surface area contributed by atoms with Gasteiger partial charge >= 0.3 is 0 Å². The van der Waals surface area contributed by atoms with Gasteiger partial charge in [0.05, 0.1) is 12.1 Å². The first-order chi connectivity index (χ1) is 7.12. The molecule has 15 heavy (non-hydrogen) atoms. The van der Waals surface area contributed by atoms with Gasteiger partial charge in [0, 0.05) is 20.2 Å². The molecule has 0 aliphatic heterocycles. The van der Waals surface area contributed by atoms with Gasteiger partial charge in [0.25, 0.3) is 0 Å². The summed E-state index contributed by atoms with van der Waals surface area (Å²) in [6, 6.07) is 0. The molecule has 1 rings (SSSR count). The van der Waals surface area contributed by atoms with E-state index in [4.69, 9.17) is 10.5 Å². The van der Waals surface area contributed by atoms with Gasteiger partial charge in [-0.25, -0.2) is 0 Å². The lowest BCUT2D eigenvalue weighted by molar-refractivity contribution is 0.0351. The second-order valence-electron chi connectivity index (χ2n) is 5.17. The summed E-state index contributed by atoms with van der Waals surface area (Å²) in [5.74, 6) is 0.873. The van der Waals surface area contributed by atoms with Crippen LogP contribution in [-0.4, -0.2) is 44.3 Å². The lowest BCUT2D eigenvalue weighted by Gasteiger charge is -2.38. The van der Waals surface area contributed by atoms with E-state index in [0.717, 1.165) is 12.5 Å². The third-order valence-electron chi connectivity index (χ3n) is 3.82. The molecule has 1 atom stereocenters. The quantitative estimate of drug-likeness (QED) is 0.728. The molecule has 0 spiro atoms. The minimum atomic E-state index is -0.00264. The van der Waals surface area contributed by atoms with E-state index in [-0.39, 0.29) is 5.54 Å². The highest BCUT2D eigenvalue weighted by atomic mass is 16.5. The van der Waals surface area contributed by atoms with Crippen molar-refractivity contribution in [1.82, 2.24) is 4.90 Å². The number of methoxy groups -OCH3 is 1. The van der Waals surface area contributed by atoms with E-state index in [1.807, 2.05) is 0 Å². The van der Waals surface area contributed by atoms with Crippen LogP contribution in [0.4, 0.5) is 0 Å². The van der Waals surface area contributed by atoms with Gasteiger partial charge in [0.15, 0.2) is 0 Å². The molecule has 3 nitrogen and oxygen atoms in total. The Hall–Kier alpha value is -0.120. The van der Waals surface area contributed by atoms with Crippen LogP contribution in [-0.2, 0) is 4.74 Å². The summed E-state index contributed by atoms with van der Waals surface area (Å²) >= 11 is 0. The molecule has 0 saturated heterocycles. The van der Waals surface area contributed by atoms with E-state index in [9.17, 15) is 0 Å². The summed E-state index contributed by atoms with van der Waals surface area (Å²) in [7, 11) is 3.92. The molecule has 2 N–H and O–H groups in total. The maximum Gasteiger partial charge on any atom is 0.0656 e. The highest BCUT2D eigenvalue weighted by Gasteiger charge is 2.30. The van der Waals surface area contributed by atoms with Gasteiger partial charge in [0.2, 0.25) is 0 Å². The minimum absolute atomic E-state index is 0.00264. The summed E-state index contributed by atoms with van der Waals surface area (Å²) < 4.78 is 5.26. The maximum absolute atomic E-state index is 5.85. The van der Waals surface area contributed by atoms with Crippen molar-refractivity contribution in [2.75, 3.05) is 33.9 Å². The van der Waals surface area contributed by atoms with Gasteiger partial charge in [-0.05, 0) is 32.7 Å². The van der Waals surface area contributed by atoms with Crippen molar-refractivity contribution in [1.29, 1.82) is 0 Å². The van der Waals surface area contributed by atoms with Crippen molar-refractivity contribution in [3.63, 3.8) is 0 Å². The lowest BCUT2D eigenvalue weighted by atomic mass is 9.99. The fraction of sp³-hybridized carbons (Fsp3) is 1.00. The molecule has 0 aromatic carbocycles. The highest BCUT2D eigenvalue weighted by molar-refractivity contribution is 4.87. The molecule has 0 bridgehead atoms. The topological polar surface area (TPSA) is 38.5 Å². The number of rotatable bonds is 6. The van der Waals surface area contributed by atoms with Crippen LogP contribution >= 0.6 is 0 Å². The number of hydrogen-bond donors (Lipinski definition) is 1. The number of ether oxygens (including phenoxy) is 1. The molecule has 1 aliphatic carbocycles. The van der Waals surface area contributed by atoms with Crippen molar-refractivity contribution in [2.24, 2.45) is 11.7 Å². The molecule has 1 saturated carbocycles. The summed E-state index contributed by atoms with van der Waals surface area (Å²) in [5, 5.41) is 0. The molecular weight excluding hydrogens is 188 g/mol. The van der Waals surface area contributed by atoms with Gasteiger partial charge < -0.3 is 10.5 Å². The van der Waals surface area contributed by atoms with Crippen molar-refractivity contribution in [3.8, 4) is 0 Å². The Morgan fingerprint density at radius 1 is 1.40 bits per heavy atom. The molecule has 0 amide bonds. The molecule has 0 radical (unpaired) electrons. The smallest absolute Gasteiger partial charge is 0.0656 e.